The van der Waals surface area contributed by atoms with Crippen molar-refractivity contribution < 1.29 is 23.1 Å². The Bertz CT molecular complexity index is 738. The number of hydrogen-bond acceptors (Lipinski definition) is 5. The fourth-order valence-electron chi connectivity index (χ4n) is 2.87. The van der Waals surface area contributed by atoms with Gasteiger partial charge in [0.1, 0.15) is 0 Å². The van der Waals surface area contributed by atoms with Crippen LogP contribution in [0.25, 0.3) is 0 Å². The molecule has 1 aliphatic heterocycles. The molecule has 0 aliphatic carbocycles. The first-order chi connectivity index (χ1) is 12.5. The normalized spacial score (nSPS) is 20.8. The highest BCUT2D eigenvalue weighted by Crippen LogP contribution is 2.18. The van der Waals surface area contributed by atoms with Crippen LogP contribution in [0, 0.1) is 5.92 Å². The van der Waals surface area contributed by atoms with Crippen LogP contribution < -0.4 is 5.32 Å². The van der Waals surface area contributed by atoms with Crippen LogP contribution in [0.1, 0.15) is 36.2 Å². The molecule has 0 bridgehead atoms. The van der Waals surface area contributed by atoms with Gasteiger partial charge in [0.25, 0.3) is 5.91 Å². The molecule has 0 aromatic heterocycles. The number of hydrogen-bond donors (Lipinski definition) is 2. The van der Waals surface area contributed by atoms with Gasteiger partial charge >= 0.3 is 0 Å². The molecule has 0 unspecified atom stereocenters. The molecule has 0 saturated carbocycles. The number of carbonyl (C=O) groups excluding carboxylic acids is 1. The highest BCUT2D eigenvalue weighted by atomic mass is 32.2. The van der Waals surface area contributed by atoms with Crippen LogP contribution in [0.15, 0.2) is 24.3 Å². The predicted molar refractivity (Wildman–Crippen MR) is 104 cm³/mol. The monoisotopic (exact) mass is 398 g/mol. The molecule has 2 rings (SSSR count). The molecule has 7 nitrogen and oxygen atoms in total. The van der Waals surface area contributed by atoms with Gasteiger partial charge in [0.15, 0.2) is 0 Å². The van der Waals surface area contributed by atoms with Crippen molar-refractivity contribution >= 4 is 15.9 Å². The molecular formula is C19H30N2O5S. The lowest BCUT2D eigenvalue weighted by atomic mass is 9.98. The van der Waals surface area contributed by atoms with Gasteiger partial charge in [0.05, 0.1) is 30.6 Å². The first-order valence-electron chi connectivity index (χ1n) is 9.08. The van der Waals surface area contributed by atoms with E-state index >= 15 is 0 Å². The smallest absolute Gasteiger partial charge is 0.251 e. The van der Waals surface area contributed by atoms with Gasteiger partial charge < -0.3 is 15.2 Å². The second-order valence-electron chi connectivity index (χ2n) is 7.95. The Hall–Kier alpha value is -1.48. The molecule has 1 aliphatic rings. The minimum absolute atomic E-state index is 0.0547. The summed E-state index contributed by atoms with van der Waals surface area (Å²) in [6.07, 6.45) is 1.37. The molecule has 0 spiro atoms. The molecule has 1 saturated heterocycles. The summed E-state index contributed by atoms with van der Waals surface area (Å²) in [5.74, 6) is -0.569. The van der Waals surface area contributed by atoms with Gasteiger partial charge in [-0.3, -0.25) is 4.79 Å². The third-order valence-electron chi connectivity index (χ3n) is 4.74. The van der Waals surface area contributed by atoms with E-state index < -0.39 is 15.6 Å². The number of ether oxygens (including phenoxy) is 1. The maximum absolute atomic E-state index is 12.5. The summed E-state index contributed by atoms with van der Waals surface area (Å²) < 4.78 is 30.8. The SMILES string of the molecule is CN(C)S(=O)(=O)C[C@@H]1COC[C@H]1NC(=O)c1ccc(CCC(C)(C)O)cc1. The van der Waals surface area contributed by atoms with Crippen LogP contribution in [0.4, 0.5) is 0 Å². The molecule has 2 N–H and O–H groups in total. The van der Waals surface area contributed by atoms with E-state index in [0.717, 1.165) is 12.0 Å². The van der Waals surface area contributed by atoms with Crippen molar-refractivity contribution in [1.82, 2.24) is 9.62 Å². The van der Waals surface area contributed by atoms with Gasteiger partial charge in [-0.25, -0.2) is 12.7 Å². The molecule has 1 amide bonds. The van der Waals surface area contributed by atoms with E-state index in [-0.39, 0.29) is 23.6 Å². The van der Waals surface area contributed by atoms with Gasteiger partial charge in [-0.15, -0.1) is 0 Å². The Morgan fingerprint density at radius 1 is 1.26 bits per heavy atom. The zero-order valence-electron chi connectivity index (χ0n) is 16.4. The maximum atomic E-state index is 12.5. The van der Waals surface area contributed by atoms with Gasteiger partial charge in [-0.1, -0.05) is 12.1 Å². The van der Waals surface area contributed by atoms with Gasteiger partial charge in [-0.05, 0) is 44.4 Å². The molecule has 27 heavy (non-hydrogen) atoms. The quantitative estimate of drug-likeness (QED) is 0.682. The van der Waals surface area contributed by atoms with Gasteiger partial charge in [-0.2, -0.15) is 0 Å². The van der Waals surface area contributed by atoms with Crippen molar-refractivity contribution in [2.24, 2.45) is 5.92 Å². The van der Waals surface area contributed by atoms with E-state index in [1.807, 2.05) is 12.1 Å². The van der Waals surface area contributed by atoms with Crippen LogP contribution in [0.3, 0.4) is 0 Å². The Morgan fingerprint density at radius 2 is 1.89 bits per heavy atom. The number of amides is 1. The molecular weight excluding hydrogens is 368 g/mol. The molecule has 1 aromatic rings. The largest absolute Gasteiger partial charge is 0.390 e. The van der Waals surface area contributed by atoms with Crippen LogP contribution in [0.5, 0.6) is 0 Å². The number of benzene rings is 1. The van der Waals surface area contributed by atoms with Crippen molar-refractivity contribution in [2.75, 3.05) is 33.1 Å². The summed E-state index contributed by atoms with van der Waals surface area (Å²) >= 11 is 0. The van der Waals surface area contributed by atoms with Crippen LogP contribution >= 0.6 is 0 Å². The number of carbonyl (C=O) groups is 1. The molecule has 8 heteroatoms. The van der Waals surface area contributed by atoms with Crippen molar-refractivity contribution in [1.29, 1.82) is 0 Å². The third kappa shape index (κ3) is 6.57. The highest BCUT2D eigenvalue weighted by molar-refractivity contribution is 7.89. The number of nitrogens with one attached hydrogen (secondary N) is 1. The van der Waals surface area contributed by atoms with Crippen molar-refractivity contribution in [3.63, 3.8) is 0 Å². The van der Waals surface area contributed by atoms with E-state index in [2.05, 4.69) is 5.32 Å². The fourth-order valence-corrected chi connectivity index (χ4v) is 4.03. The Kier molecular flexibility index (Phi) is 7.02. The average Bonchev–Trinajstić information content (AvgIpc) is 2.98. The lowest BCUT2D eigenvalue weighted by Crippen LogP contribution is -2.43. The minimum Gasteiger partial charge on any atom is -0.390 e. The van der Waals surface area contributed by atoms with E-state index in [1.54, 1.807) is 26.0 Å². The summed E-state index contributed by atoms with van der Waals surface area (Å²) in [7, 11) is -0.361. The van der Waals surface area contributed by atoms with E-state index in [4.69, 9.17) is 4.74 Å². The van der Waals surface area contributed by atoms with Crippen molar-refractivity contribution in [2.45, 2.75) is 38.3 Å². The first-order valence-corrected chi connectivity index (χ1v) is 10.7. The molecule has 2 atom stereocenters. The number of aliphatic hydroxyl groups is 1. The molecule has 1 heterocycles. The Morgan fingerprint density at radius 3 is 2.44 bits per heavy atom. The number of nitrogens with zero attached hydrogens (tertiary/aromatic N) is 1. The van der Waals surface area contributed by atoms with E-state index in [1.165, 1.54) is 18.4 Å². The van der Waals surface area contributed by atoms with Gasteiger partial charge in [0, 0.05) is 25.6 Å². The summed E-state index contributed by atoms with van der Waals surface area (Å²) in [6, 6.07) is 6.91. The maximum Gasteiger partial charge on any atom is 0.251 e. The van der Waals surface area contributed by atoms with E-state index in [9.17, 15) is 18.3 Å². The second-order valence-corrected chi connectivity index (χ2v) is 10.2. The number of rotatable bonds is 8. The minimum atomic E-state index is -3.36. The first kappa shape index (κ1) is 21.8. The predicted octanol–water partition coefficient (Wildman–Crippen LogP) is 1.03. The van der Waals surface area contributed by atoms with Crippen molar-refractivity contribution in [3.05, 3.63) is 35.4 Å². The Balaban J connectivity index is 1.95. The Labute approximate surface area is 161 Å². The zero-order valence-corrected chi connectivity index (χ0v) is 17.3. The summed E-state index contributed by atoms with van der Waals surface area (Å²) in [4.78, 5) is 12.5. The topological polar surface area (TPSA) is 95.9 Å². The zero-order chi connectivity index (χ0) is 20.2. The second kappa shape index (κ2) is 8.68. The number of aryl methyl sites for hydroxylation is 1. The standard InChI is InChI=1S/C19H30N2O5S/c1-19(2,23)10-9-14-5-7-15(8-6-14)18(22)20-17-12-26-11-16(17)13-27(24,25)21(3)4/h5-8,16-17,23H,9-13H2,1-4H3,(H,20,22)/t16-,17+/m0/s1. The molecule has 1 fully saturated rings. The highest BCUT2D eigenvalue weighted by Gasteiger charge is 2.34. The number of sulfonamides is 1. The third-order valence-corrected chi connectivity index (χ3v) is 6.70. The summed E-state index contributed by atoms with van der Waals surface area (Å²) in [5, 5.41) is 12.7. The molecule has 1 aromatic carbocycles. The van der Waals surface area contributed by atoms with Crippen LogP contribution in [-0.4, -0.2) is 68.4 Å². The van der Waals surface area contributed by atoms with Crippen molar-refractivity contribution in [3.8, 4) is 0 Å². The molecule has 152 valence electrons. The summed E-state index contributed by atoms with van der Waals surface area (Å²) in [5.41, 5.74) is 0.844. The van der Waals surface area contributed by atoms with Gasteiger partial charge in [0.2, 0.25) is 10.0 Å². The average molecular weight is 399 g/mol. The lowest BCUT2D eigenvalue weighted by molar-refractivity contribution is 0.0713. The van der Waals surface area contributed by atoms with Crippen LogP contribution in [-0.2, 0) is 21.2 Å². The van der Waals surface area contributed by atoms with E-state index in [0.29, 0.717) is 25.2 Å². The fraction of sp³-hybridized carbons (Fsp3) is 0.632. The van der Waals surface area contributed by atoms with Crippen LogP contribution in [0.2, 0.25) is 0 Å². The lowest BCUT2D eigenvalue weighted by Gasteiger charge is -2.21. The summed E-state index contributed by atoms with van der Waals surface area (Å²) in [6.45, 7) is 4.16. The molecule has 0 radical (unpaired) electrons.